The molecular weight excluding hydrogens is 539 g/mol. The lowest BCUT2D eigenvalue weighted by Crippen LogP contribution is -2.49. The zero-order chi connectivity index (χ0) is 28.6. The molecule has 3 heterocycles. The van der Waals surface area contributed by atoms with Crippen molar-refractivity contribution in [2.75, 3.05) is 63.5 Å². The van der Waals surface area contributed by atoms with E-state index in [1.807, 2.05) is 0 Å². The Morgan fingerprint density at radius 2 is 1.80 bits per heavy atom. The fourth-order valence-corrected chi connectivity index (χ4v) is 4.40. The van der Waals surface area contributed by atoms with Crippen LogP contribution in [0.25, 0.3) is 11.3 Å². The molecule has 0 atom stereocenters. The number of amides is 2. The van der Waals surface area contributed by atoms with E-state index in [4.69, 9.17) is 16.7 Å². The summed E-state index contributed by atoms with van der Waals surface area (Å²) in [6, 6.07) is 9.42. The van der Waals surface area contributed by atoms with Gasteiger partial charge in [-0.3, -0.25) is 9.69 Å². The van der Waals surface area contributed by atoms with Gasteiger partial charge < -0.3 is 25.5 Å². The number of benzene rings is 1. The predicted molar refractivity (Wildman–Crippen MR) is 151 cm³/mol. The molecule has 4 rings (SSSR count). The third-order valence-electron chi connectivity index (χ3n) is 6.69. The van der Waals surface area contributed by atoms with Gasteiger partial charge in [-0.25, -0.2) is 14.2 Å². The summed E-state index contributed by atoms with van der Waals surface area (Å²) in [5.41, 5.74) is 2.50. The number of carboxylic acid groups (broad SMARTS) is 1. The topological polar surface area (TPSA) is 127 Å². The SMILES string of the molecule is Cc1nnc(-c2cc(Cl)ccc2F)cc1Nc1ccnc(NC(=O)CCN2CCN(CCN(C)C(=O)O)CC2)c1. The summed E-state index contributed by atoms with van der Waals surface area (Å²) in [6.45, 7) is 6.88. The maximum Gasteiger partial charge on any atom is 0.407 e. The molecular formula is C27H32ClFN8O3. The molecule has 3 N–H and O–H groups in total. The first-order valence-corrected chi connectivity index (χ1v) is 13.3. The van der Waals surface area contributed by atoms with Gasteiger partial charge in [-0.2, -0.15) is 10.2 Å². The van der Waals surface area contributed by atoms with Crippen LogP contribution in [0.4, 0.5) is 26.4 Å². The zero-order valence-electron chi connectivity index (χ0n) is 22.4. The Morgan fingerprint density at radius 1 is 1.07 bits per heavy atom. The Labute approximate surface area is 237 Å². The van der Waals surface area contributed by atoms with E-state index in [2.05, 4.69) is 35.6 Å². The molecule has 2 amide bonds. The first-order valence-electron chi connectivity index (χ1n) is 12.9. The maximum atomic E-state index is 14.3. The summed E-state index contributed by atoms with van der Waals surface area (Å²) in [7, 11) is 1.57. The normalized spacial score (nSPS) is 14.1. The van der Waals surface area contributed by atoms with Crippen LogP contribution in [0.5, 0.6) is 0 Å². The van der Waals surface area contributed by atoms with E-state index in [1.165, 1.54) is 23.1 Å². The first-order chi connectivity index (χ1) is 19.2. The second-order valence-corrected chi connectivity index (χ2v) is 10.0. The smallest absolute Gasteiger partial charge is 0.407 e. The average Bonchev–Trinajstić information content (AvgIpc) is 2.94. The molecule has 11 nitrogen and oxygen atoms in total. The molecule has 0 radical (unpaired) electrons. The second kappa shape index (κ2) is 13.5. The molecule has 212 valence electrons. The Kier molecular flexibility index (Phi) is 9.80. The summed E-state index contributed by atoms with van der Waals surface area (Å²) < 4.78 is 14.3. The summed E-state index contributed by atoms with van der Waals surface area (Å²) in [6.07, 6.45) is 0.980. The summed E-state index contributed by atoms with van der Waals surface area (Å²) in [5, 5.41) is 23.7. The van der Waals surface area contributed by atoms with Gasteiger partial charge in [0.25, 0.3) is 0 Å². The number of likely N-dealkylation sites (N-methyl/N-ethyl adjacent to an activating group) is 1. The molecule has 40 heavy (non-hydrogen) atoms. The van der Waals surface area contributed by atoms with E-state index < -0.39 is 11.9 Å². The molecule has 0 bridgehead atoms. The predicted octanol–water partition coefficient (Wildman–Crippen LogP) is 3.94. The summed E-state index contributed by atoms with van der Waals surface area (Å²) >= 11 is 6.03. The lowest BCUT2D eigenvalue weighted by atomic mass is 10.1. The number of hydrogen-bond donors (Lipinski definition) is 3. The van der Waals surface area contributed by atoms with Crippen LogP contribution in [0.15, 0.2) is 42.6 Å². The number of nitrogens with zero attached hydrogens (tertiary/aromatic N) is 6. The highest BCUT2D eigenvalue weighted by Crippen LogP contribution is 2.28. The van der Waals surface area contributed by atoms with Crippen molar-refractivity contribution in [1.82, 2.24) is 29.9 Å². The fourth-order valence-electron chi connectivity index (χ4n) is 4.23. The molecule has 1 aliphatic heterocycles. The summed E-state index contributed by atoms with van der Waals surface area (Å²) in [4.78, 5) is 33.5. The van der Waals surface area contributed by atoms with Gasteiger partial charge in [0.2, 0.25) is 5.91 Å². The minimum absolute atomic E-state index is 0.143. The molecule has 1 fully saturated rings. The number of pyridine rings is 1. The van der Waals surface area contributed by atoms with Crippen molar-refractivity contribution in [2.45, 2.75) is 13.3 Å². The lowest BCUT2D eigenvalue weighted by molar-refractivity contribution is -0.116. The minimum Gasteiger partial charge on any atom is -0.465 e. The van der Waals surface area contributed by atoms with Crippen LogP contribution in [0.1, 0.15) is 12.1 Å². The fraction of sp³-hybridized carbons (Fsp3) is 0.370. The van der Waals surface area contributed by atoms with Crippen LogP contribution in [0.2, 0.25) is 5.02 Å². The summed E-state index contributed by atoms with van der Waals surface area (Å²) in [5.74, 6) is -0.188. The molecule has 0 unspecified atom stereocenters. The molecule has 1 aliphatic rings. The van der Waals surface area contributed by atoms with Crippen molar-refractivity contribution in [3.8, 4) is 11.3 Å². The highest BCUT2D eigenvalue weighted by molar-refractivity contribution is 6.30. The maximum absolute atomic E-state index is 14.3. The Balaban J connectivity index is 1.28. The van der Waals surface area contributed by atoms with Crippen LogP contribution in [-0.4, -0.2) is 99.8 Å². The van der Waals surface area contributed by atoms with Crippen molar-refractivity contribution in [1.29, 1.82) is 0 Å². The minimum atomic E-state index is -0.926. The number of piperazine rings is 1. The van der Waals surface area contributed by atoms with Gasteiger partial charge in [0.05, 0.1) is 17.1 Å². The monoisotopic (exact) mass is 570 g/mol. The Bertz CT molecular complexity index is 1350. The van der Waals surface area contributed by atoms with Gasteiger partial charge in [-0.15, -0.1) is 0 Å². The third-order valence-corrected chi connectivity index (χ3v) is 6.92. The molecule has 1 saturated heterocycles. The van der Waals surface area contributed by atoms with Gasteiger partial charge in [0.15, 0.2) is 0 Å². The van der Waals surface area contributed by atoms with Gasteiger partial charge in [0, 0.05) is 87.8 Å². The number of aryl methyl sites for hydroxylation is 1. The van der Waals surface area contributed by atoms with E-state index in [-0.39, 0.29) is 11.5 Å². The number of halogens is 2. The number of hydrogen-bond acceptors (Lipinski definition) is 8. The number of carbonyl (C=O) groups is 2. The van der Waals surface area contributed by atoms with Crippen LogP contribution in [-0.2, 0) is 4.79 Å². The molecule has 3 aromatic rings. The lowest BCUT2D eigenvalue weighted by Gasteiger charge is -2.35. The highest BCUT2D eigenvalue weighted by atomic mass is 35.5. The molecule has 2 aromatic heterocycles. The number of aromatic nitrogens is 3. The molecule has 1 aromatic carbocycles. The van der Waals surface area contributed by atoms with Crippen LogP contribution in [0, 0.1) is 12.7 Å². The molecule has 13 heteroatoms. The van der Waals surface area contributed by atoms with Crippen molar-refractivity contribution < 1.29 is 19.1 Å². The number of anilines is 3. The van der Waals surface area contributed by atoms with Crippen molar-refractivity contribution in [3.63, 3.8) is 0 Å². The average molecular weight is 571 g/mol. The van der Waals surface area contributed by atoms with Crippen molar-refractivity contribution in [2.24, 2.45) is 0 Å². The van der Waals surface area contributed by atoms with E-state index >= 15 is 0 Å². The number of rotatable bonds is 10. The van der Waals surface area contributed by atoms with E-state index in [0.717, 1.165) is 26.2 Å². The molecule has 0 aliphatic carbocycles. The van der Waals surface area contributed by atoms with E-state index in [1.54, 1.807) is 38.4 Å². The Hall–Kier alpha value is -3.87. The Morgan fingerprint density at radius 3 is 2.52 bits per heavy atom. The van der Waals surface area contributed by atoms with Gasteiger partial charge in [-0.05, 0) is 37.3 Å². The zero-order valence-corrected chi connectivity index (χ0v) is 23.2. The van der Waals surface area contributed by atoms with Gasteiger partial charge in [0.1, 0.15) is 11.6 Å². The molecule has 0 spiro atoms. The number of nitrogens with one attached hydrogen (secondary N) is 2. The quantitative estimate of drug-likeness (QED) is 0.332. The first kappa shape index (κ1) is 29.1. The van der Waals surface area contributed by atoms with Crippen molar-refractivity contribution >= 4 is 40.8 Å². The van der Waals surface area contributed by atoms with E-state index in [9.17, 15) is 14.0 Å². The van der Waals surface area contributed by atoms with Gasteiger partial charge >= 0.3 is 6.09 Å². The standard InChI is InChI=1S/C27H32ClFN8O3/c1-18-23(17-24(34-33-18)21-15-19(28)3-4-22(21)29)31-20-5-7-30-25(16-20)32-26(38)6-8-36-11-13-37(14-12-36)10-9-35(2)27(39)40/h3-5,7,15-17H,6,8-14H2,1-2H3,(H,39,40)(H2,30,31,32,34,38). The third kappa shape index (κ3) is 8.07. The highest BCUT2D eigenvalue weighted by Gasteiger charge is 2.19. The molecule has 0 saturated carbocycles. The number of carbonyl (C=O) groups excluding carboxylic acids is 1. The van der Waals surface area contributed by atoms with Crippen LogP contribution < -0.4 is 10.6 Å². The van der Waals surface area contributed by atoms with Crippen LogP contribution in [0.3, 0.4) is 0 Å². The van der Waals surface area contributed by atoms with Crippen molar-refractivity contribution in [3.05, 3.63) is 59.1 Å². The second-order valence-electron chi connectivity index (χ2n) is 9.59. The van der Waals surface area contributed by atoms with E-state index in [0.29, 0.717) is 59.7 Å². The largest absolute Gasteiger partial charge is 0.465 e. The van der Waals surface area contributed by atoms with Crippen LogP contribution >= 0.6 is 11.6 Å². The van der Waals surface area contributed by atoms with Gasteiger partial charge in [-0.1, -0.05) is 11.6 Å².